The molecular weight excluding hydrogens is 444 g/mol. The molecule has 32 heavy (non-hydrogen) atoms. The zero-order valence-corrected chi connectivity index (χ0v) is 18.0. The van der Waals surface area contributed by atoms with Gasteiger partial charge in [-0.15, -0.1) is 11.3 Å². The summed E-state index contributed by atoms with van der Waals surface area (Å²) in [5, 5.41) is 10.9. The Morgan fingerprint density at radius 3 is 2.62 bits per heavy atom. The second-order valence-electron chi connectivity index (χ2n) is 6.78. The second-order valence-corrected chi connectivity index (χ2v) is 8.24. The predicted molar refractivity (Wildman–Crippen MR) is 126 cm³/mol. The van der Waals surface area contributed by atoms with E-state index in [0.717, 1.165) is 10.2 Å². The Balaban J connectivity index is 1.70. The third kappa shape index (κ3) is 3.73. The van der Waals surface area contributed by atoms with Crippen molar-refractivity contribution in [1.29, 1.82) is 5.26 Å². The molecule has 0 fully saturated rings. The predicted octanol–water partition coefficient (Wildman–Crippen LogP) is 5.81. The van der Waals surface area contributed by atoms with Crippen LogP contribution in [0.5, 0.6) is 11.6 Å². The number of thiazole rings is 1. The summed E-state index contributed by atoms with van der Waals surface area (Å²) < 4.78 is 8.30. The highest BCUT2D eigenvalue weighted by molar-refractivity contribution is 7.19. The van der Waals surface area contributed by atoms with E-state index >= 15 is 0 Å². The van der Waals surface area contributed by atoms with E-state index < -0.39 is 0 Å². The van der Waals surface area contributed by atoms with Crippen molar-refractivity contribution in [2.45, 2.75) is 0 Å². The quantitative estimate of drug-likeness (QED) is 0.318. The average Bonchev–Trinajstić information content (AvgIpc) is 3.24. The summed E-state index contributed by atoms with van der Waals surface area (Å²) in [5.41, 5.74) is 1.27. The molecule has 3 aromatic heterocycles. The largest absolute Gasteiger partial charge is 0.438 e. The summed E-state index contributed by atoms with van der Waals surface area (Å²) >= 11 is 7.35. The molecule has 5 aromatic rings. The van der Waals surface area contributed by atoms with Gasteiger partial charge in [-0.2, -0.15) is 10.2 Å². The van der Waals surface area contributed by atoms with Gasteiger partial charge < -0.3 is 4.74 Å². The van der Waals surface area contributed by atoms with Gasteiger partial charge in [-0.25, -0.2) is 4.98 Å². The Morgan fingerprint density at radius 1 is 1.06 bits per heavy atom. The van der Waals surface area contributed by atoms with Gasteiger partial charge in [0.1, 0.15) is 28.0 Å². The Labute approximate surface area is 191 Å². The summed E-state index contributed by atoms with van der Waals surface area (Å²) in [7, 11) is 0. The van der Waals surface area contributed by atoms with E-state index in [2.05, 4.69) is 16.0 Å². The average molecular weight is 457 g/mol. The third-order valence-electron chi connectivity index (χ3n) is 4.70. The number of hydrogen-bond donors (Lipinski definition) is 0. The maximum atomic E-state index is 13.3. The molecule has 0 aliphatic heterocycles. The number of hydrogen-bond acceptors (Lipinski definition) is 6. The van der Waals surface area contributed by atoms with Gasteiger partial charge in [-0.1, -0.05) is 29.8 Å². The van der Waals surface area contributed by atoms with Gasteiger partial charge in [0.05, 0.1) is 15.8 Å². The number of halogens is 1. The highest BCUT2D eigenvalue weighted by Crippen LogP contribution is 2.30. The number of para-hydroxylation sites is 1. The molecule has 3 heterocycles. The molecule has 0 bridgehead atoms. The number of aromatic nitrogens is 3. The van der Waals surface area contributed by atoms with Crippen molar-refractivity contribution in [3.8, 4) is 17.7 Å². The lowest BCUT2D eigenvalue weighted by Gasteiger charge is -2.10. The van der Waals surface area contributed by atoms with Gasteiger partial charge in [-0.3, -0.25) is 9.20 Å². The number of nitriles is 1. The highest BCUT2D eigenvalue weighted by atomic mass is 35.5. The van der Waals surface area contributed by atoms with Crippen LogP contribution in [0, 0.1) is 11.3 Å². The molecule has 0 amide bonds. The first-order valence-electron chi connectivity index (χ1n) is 9.55. The molecule has 0 aliphatic carbocycles. The fourth-order valence-corrected chi connectivity index (χ4v) is 4.23. The first kappa shape index (κ1) is 19.9. The van der Waals surface area contributed by atoms with Crippen LogP contribution in [-0.2, 0) is 0 Å². The molecule has 0 unspecified atom stereocenters. The van der Waals surface area contributed by atoms with Gasteiger partial charge in [0.2, 0.25) is 5.88 Å². The molecule has 5 rings (SSSR count). The first-order valence-corrected chi connectivity index (χ1v) is 10.7. The summed E-state index contributed by atoms with van der Waals surface area (Å²) in [6.07, 6.45) is 3.11. The molecule has 6 nitrogen and oxygen atoms in total. The molecule has 8 heteroatoms. The number of ether oxygens (including phenoxy) is 1. The van der Waals surface area contributed by atoms with E-state index in [4.69, 9.17) is 16.3 Å². The van der Waals surface area contributed by atoms with Crippen LogP contribution in [0.25, 0.3) is 27.5 Å². The standard InChI is InChI=1S/C24H13ClN4O2S/c25-16-8-10-17(11-9-16)31-22-18(24(30)29-12-4-3-7-21(29)28-22)13-15(14-26)23-27-19-5-1-2-6-20(19)32-23/h1-13H. The molecule has 2 aromatic carbocycles. The lowest BCUT2D eigenvalue weighted by molar-refractivity contribution is 0.461. The van der Waals surface area contributed by atoms with Crippen molar-refractivity contribution in [3.63, 3.8) is 0 Å². The molecule has 0 saturated heterocycles. The van der Waals surface area contributed by atoms with Crippen molar-refractivity contribution >= 4 is 50.5 Å². The molecule has 0 spiro atoms. The Morgan fingerprint density at radius 2 is 1.84 bits per heavy atom. The van der Waals surface area contributed by atoms with Crippen LogP contribution in [0.1, 0.15) is 10.6 Å². The monoisotopic (exact) mass is 456 g/mol. The van der Waals surface area contributed by atoms with Crippen molar-refractivity contribution in [3.05, 3.63) is 98.9 Å². The minimum atomic E-state index is -0.353. The number of benzene rings is 2. The van der Waals surface area contributed by atoms with Crippen LogP contribution >= 0.6 is 22.9 Å². The number of fused-ring (bicyclic) bond motifs is 2. The molecule has 0 atom stereocenters. The molecule has 0 saturated carbocycles. The van der Waals surface area contributed by atoms with E-state index in [0.29, 0.717) is 21.4 Å². The SMILES string of the molecule is N#CC(=Cc1c(Oc2ccc(Cl)cc2)nc2ccccn2c1=O)c1nc2ccccc2s1. The van der Waals surface area contributed by atoms with Crippen LogP contribution < -0.4 is 10.3 Å². The van der Waals surface area contributed by atoms with Gasteiger partial charge in [0.15, 0.2) is 0 Å². The fraction of sp³-hybridized carbons (Fsp3) is 0. The van der Waals surface area contributed by atoms with Crippen LogP contribution in [0.2, 0.25) is 5.02 Å². The van der Waals surface area contributed by atoms with Crippen molar-refractivity contribution < 1.29 is 4.74 Å². The van der Waals surface area contributed by atoms with Crippen molar-refractivity contribution in [1.82, 2.24) is 14.4 Å². The van der Waals surface area contributed by atoms with Crippen molar-refractivity contribution in [2.24, 2.45) is 0 Å². The van der Waals surface area contributed by atoms with Gasteiger partial charge in [0.25, 0.3) is 5.56 Å². The maximum absolute atomic E-state index is 13.3. The number of rotatable bonds is 4. The third-order valence-corrected chi connectivity index (χ3v) is 6.02. The second kappa shape index (κ2) is 8.27. The van der Waals surface area contributed by atoms with E-state index in [9.17, 15) is 10.1 Å². The number of pyridine rings is 1. The van der Waals surface area contributed by atoms with Crippen LogP contribution in [-0.4, -0.2) is 14.4 Å². The number of nitrogens with zero attached hydrogens (tertiary/aromatic N) is 4. The normalized spacial score (nSPS) is 11.6. The minimum absolute atomic E-state index is 0.0948. The molecule has 0 aliphatic rings. The van der Waals surface area contributed by atoms with Gasteiger partial charge >= 0.3 is 0 Å². The van der Waals surface area contributed by atoms with Gasteiger partial charge in [-0.05, 0) is 54.6 Å². The Kier molecular flexibility index (Phi) is 5.15. The Hall–Kier alpha value is -3.99. The van der Waals surface area contributed by atoms with E-state index in [-0.39, 0.29) is 22.6 Å². The highest BCUT2D eigenvalue weighted by Gasteiger charge is 2.16. The Bertz CT molecular complexity index is 1560. The van der Waals surface area contributed by atoms with E-state index in [1.54, 1.807) is 48.7 Å². The lowest BCUT2D eigenvalue weighted by Crippen LogP contribution is -2.18. The fourth-order valence-electron chi connectivity index (χ4n) is 3.17. The topological polar surface area (TPSA) is 80.3 Å². The summed E-state index contributed by atoms with van der Waals surface area (Å²) in [6.45, 7) is 0. The summed E-state index contributed by atoms with van der Waals surface area (Å²) in [6, 6.07) is 21.7. The van der Waals surface area contributed by atoms with Crippen LogP contribution in [0.3, 0.4) is 0 Å². The lowest BCUT2D eigenvalue weighted by atomic mass is 10.2. The van der Waals surface area contributed by atoms with E-state index in [1.165, 1.54) is 21.8 Å². The smallest absolute Gasteiger partial charge is 0.269 e. The van der Waals surface area contributed by atoms with E-state index in [1.807, 2.05) is 24.3 Å². The van der Waals surface area contributed by atoms with Crippen molar-refractivity contribution in [2.75, 3.05) is 0 Å². The molecule has 0 N–H and O–H groups in total. The maximum Gasteiger partial charge on any atom is 0.269 e. The van der Waals surface area contributed by atoms with Crippen LogP contribution in [0.4, 0.5) is 0 Å². The zero-order chi connectivity index (χ0) is 22.1. The number of allylic oxidation sites excluding steroid dienone is 1. The molecular formula is C24H13ClN4O2S. The van der Waals surface area contributed by atoms with Crippen LogP contribution in [0.15, 0.2) is 77.7 Å². The summed E-state index contributed by atoms with van der Waals surface area (Å²) in [5.74, 6) is 0.562. The first-order chi connectivity index (χ1) is 15.6. The minimum Gasteiger partial charge on any atom is -0.438 e. The molecule has 0 radical (unpaired) electrons. The summed E-state index contributed by atoms with van der Waals surface area (Å²) in [4.78, 5) is 22.4. The molecule has 154 valence electrons. The van der Waals surface area contributed by atoms with Gasteiger partial charge in [0, 0.05) is 11.2 Å². The zero-order valence-electron chi connectivity index (χ0n) is 16.4.